The van der Waals surface area contributed by atoms with Gasteiger partial charge in [-0.1, -0.05) is 17.7 Å². The number of nitrogens with one attached hydrogen (secondary N) is 1. The van der Waals surface area contributed by atoms with E-state index in [-0.39, 0.29) is 18.6 Å². The Morgan fingerprint density at radius 2 is 2.37 bits per heavy atom. The minimum atomic E-state index is -0.982. The highest BCUT2D eigenvalue weighted by atomic mass is 35.5. The first kappa shape index (κ1) is 14.3. The molecule has 0 aromatic heterocycles. The Bertz CT molecular complexity index is 492. The van der Waals surface area contributed by atoms with E-state index >= 15 is 0 Å². The lowest BCUT2D eigenvalue weighted by atomic mass is 9.96. The van der Waals surface area contributed by atoms with Gasteiger partial charge in [-0.2, -0.15) is 0 Å². The second-order valence-corrected chi connectivity index (χ2v) is 5.42. The van der Waals surface area contributed by atoms with Crippen molar-refractivity contribution in [2.24, 2.45) is 0 Å². The Balaban J connectivity index is 1.99. The predicted molar refractivity (Wildman–Crippen MR) is 73.5 cm³/mol. The van der Waals surface area contributed by atoms with Gasteiger partial charge >= 0.3 is 0 Å². The maximum Gasteiger partial charge on any atom is 0.251 e. The lowest BCUT2D eigenvalue weighted by Gasteiger charge is -2.26. The third-order valence-electron chi connectivity index (χ3n) is 3.65. The van der Waals surface area contributed by atoms with Crippen LogP contribution in [0, 0.1) is 6.92 Å². The Labute approximate surface area is 117 Å². The van der Waals surface area contributed by atoms with Crippen molar-refractivity contribution >= 4 is 17.5 Å². The van der Waals surface area contributed by atoms with E-state index in [0.29, 0.717) is 23.6 Å². The summed E-state index contributed by atoms with van der Waals surface area (Å²) in [4.78, 5) is 12.0. The van der Waals surface area contributed by atoms with Crippen molar-refractivity contribution in [1.82, 2.24) is 5.32 Å². The lowest BCUT2D eigenvalue weighted by molar-refractivity contribution is -0.0251. The summed E-state index contributed by atoms with van der Waals surface area (Å²) in [7, 11) is 0. The van der Waals surface area contributed by atoms with Gasteiger partial charge in [0.25, 0.3) is 5.91 Å². The van der Waals surface area contributed by atoms with Crippen LogP contribution in [0.3, 0.4) is 0 Å². The average molecular weight is 284 g/mol. The molecule has 1 aliphatic heterocycles. The van der Waals surface area contributed by atoms with E-state index in [1.54, 1.807) is 18.2 Å². The van der Waals surface area contributed by atoms with Crippen molar-refractivity contribution in [1.29, 1.82) is 0 Å². The van der Waals surface area contributed by atoms with Crippen molar-refractivity contribution < 1.29 is 14.6 Å². The summed E-state index contributed by atoms with van der Waals surface area (Å²) < 4.78 is 5.32. The van der Waals surface area contributed by atoms with Gasteiger partial charge < -0.3 is 15.2 Å². The fourth-order valence-corrected chi connectivity index (χ4v) is 2.25. The quantitative estimate of drug-likeness (QED) is 0.891. The fraction of sp³-hybridized carbons (Fsp3) is 0.500. The molecule has 2 N–H and O–H groups in total. The molecule has 0 spiro atoms. The van der Waals surface area contributed by atoms with Gasteiger partial charge in [-0.3, -0.25) is 4.79 Å². The summed E-state index contributed by atoms with van der Waals surface area (Å²) in [6.07, 6.45) is 0.262. The maximum atomic E-state index is 12.0. The highest BCUT2D eigenvalue weighted by Gasteiger charge is 2.39. The normalized spacial score (nSPS) is 26.4. The van der Waals surface area contributed by atoms with Gasteiger partial charge in [0.15, 0.2) is 0 Å². The molecule has 2 unspecified atom stereocenters. The first-order valence-electron chi connectivity index (χ1n) is 6.31. The number of hydrogen-bond acceptors (Lipinski definition) is 3. The van der Waals surface area contributed by atoms with Gasteiger partial charge in [0.1, 0.15) is 5.60 Å². The van der Waals surface area contributed by atoms with Crippen LogP contribution in [0.1, 0.15) is 29.3 Å². The minimum Gasteiger partial charge on any atom is -0.385 e. The van der Waals surface area contributed by atoms with E-state index in [1.165, 1.54) is 0 Å². The summed E-state index contributed by atoms with van der Waals surface area (Å²) in [5.41, 5.74) is 0.435. The van der Waals surface area contributed by atoms with Crippen molar-refractivity contribution in [2.75, 3.05) is 13.2 Å². The number of amides is 1. The van der Waals surface area contributed by atoms with Crippen molar-refractivity contribution in [2.45, 2.75) is 32.0 Å². The Kier molecular flexibility index (Phi) is 4.13. The third-order valence-corrected chi connectivity index (χ3v) is 4.06. The van der Waals surface area contributed by atoms with Crippen LogP contribution < -0.4 is 5.32 Å². The zero-order valence-electron chi connectivity index (χ0n) is 11.1. The van der Waals surface area contributed by atoms with E-state index in [9.17, 15) is 9.90 Å². The Hall–Kier alpha value is -1.10. The molecule has 0 radical (unpaired) electrons. The molecule has 0 saturated carbocycles. The van der Waals surface area contributed by atoms with Crippen LogP contribution in [0.4, 0.5) is 0 Å². The van der Waals surface area contributed by atoms with Crippen LogP contribution in [-0.4, -0.2) is 35.9 Å². The summed E-state index contributed by atoms with van der Waals surface area (Å²) >= 11 is 5.99. The second-order valence-electron chi connectivity index (χ2n) is 5.01. The summed E-state index contributed by atoms with van der Waals surface area (Å²) in [5, 5.41) is 13.6. The van der Waals surface area contributed by atoms with Gasteiger partial charge in [-0.05, 0) is 31.5 Å². The molecule has 1 fully saturated rings. The average Bonchev–Trinajstić information content (AvgIpc) is 2.71. The van der Waals surface area contributed by atoms with Crippen LogP contribution >= 0.6 is 11.6 Å². The largest absolute Gasteiger partial charge is 0.385 e. The molecule has 4 nitrogen and oxygen atoms in total. The molecular formula is C14H18ClNO3. The first-order valence-corrected chi connectivity index (χ1v) is 6.68. The molecular weight excluding hydrogens is 266 g/mol. The number of carbonyl (C=O) groups is 1. The van der Waals surface area contributed by atoms with Gasteiger partial charge in [-0.25, -0.2) is 0 Å². The van der Waals surface area contributed by atoms with Crippen LogP contribution in [0.15, 0.2) is 18.2 Å². The molecule has 1 aromatic rings. The molecule has 104 valence electrons. The van der Waals surface area contributed by atoms with Gasteiger partial charge in [0.05, 0.1) is 6.10 Å². The van der Waals surface area contributed by atoms with E-state index < -0.39 is 5.60 Å². The number of rotatable bonds is 3. The predicted octanol–water partition coefficient (Wildman–Crippen LogP) is 1.92. The van der Waals surface area contributed by atoms with Crippen LogP contribution in [0.25, 0.3) is 0 Å². The Morgan fingerprint density at radius 3 is 2.95 bits per heavy atom. The zero-order chi connectivity index (χ0) is 14.0. The van der Waals surface area contributed by atoms with E-state index in [2.05, 4.69) is 5.32 Å². The Morgan fingerprint density at radius 1 is 1.63 bits per heavy atom. The molecule has 1 heterocycles. The number of aryl methyl sites for hydroxylation is 1. The summed E-state index contributed by atoms with van der Waals surface area (Å²) in [5.74, 6) is -0.241. The SMILES string of the molecule is Cc1ccc(C(=O)NCC2(O)CCOC2C)cc1Cl. The first-order chi connectivity index (χ1) is 8.92. The molecule has 1 aromatic carbocycles. The number of ether oxygens (including phenoxy) is 1. The molecule has 0 aliphatic carbocycles. The highest BCUT2D eigenvalue weighted by molar-refractivity contribution is 6.31. The number of carbonyl (C=O) groups excluding carboxylic acids is 1. The fourth-order valence-electron chi connectivity index (χ4n) is 2.07. The molecule has 2 atom stereocenters. The topological polar surface area (TPSA) is 58.6 Å². The molecule has 1 amide bonds. The van der Waals surface area contributed by atoms with Crippen molar-refractivity contribution in [3.8, 4) is 0 Å². The lowest BCUT2D eigenvalue weighted by Crippen LogP contribution is -2.47. The summed E-state index contributed by atoms with van der Waals surface area (Å²) in [6.45, 7) is 4.38. The maximum absolute atomic E-state index is 12.0. The molecule has 1 aliphatic rings. The van der Waals surface area contributed by atoms with Crippen LogP contribution in [0.5, 0.6) is 0 Å². The number of aliphatic hydroxyl groups is 1. The molecule has 5 heteroatoms. The molecule has 19 heavy (non-hydrogen) atoms. The van der Waals surface area contributed by atoms with Crippen molar-refractivity contribution in [3.05, 3.63) is 34.3 Å². The smallest absolute Gasteiger partial charge is 0.251 e. The van der Waals surface area contributed by atoms with Crippen LogP contribution in [-0.2, 0) is 4.74 Å². The minimum absolute atomic E-state index is 0.179. The number of hydrogen-bond donors (Lipinski definition) is 2. The molecule has 1 saturated heterocycles. The van der Waals surface area contributed by atoms with Crippen LogP contribution in [0.2, 0.25) is 5.02 Å². The van der Waals surface area contributed by atoms with Crippen molar-refractivity contribution in [3.63, 3.8) is 0 Å². The summed E-state index contributed by atoms with van der Waals surface area (Å²) in [6, 6.07) is 5.15. The zero-order valence-corrected chi connectivity index (χ0v) is 11.8. The second kappa shape index (κ2) is 5.49. The standard InChI is InChI=1S/C14H18ClNO3/c1-9-3-4-11(7-12(9)15)13(17)16-8-14(18)5-6-19-10(14)2/h3-4,7,10,18H,5-6,8H2,1-2H3,(H,16,17). The van der Waals surface area contributed by atoms with Gasteiger partial charge in [0.2, 0.25) is 0 Å². The van der Waals surface area contributed by atoms with E-state index in [4.69, 9.17) is 16.3 Å². The van der Waals surface area contributed by atoms with Gasteiger partial charge in [0, 0.05) is 30.2 Å². The number of halogens is 1. The third kappa shape index (κ3) is 3.08. The highest BCUT2D eigenvalue weighted by Crippen LogP contribution is 2.25. The molecule has 0 bridgehead atoms. The van der Waals surface area contributed by atoms with E-state index in [0.717, 1.165) is 5.56 Å². The number of benzene rings is 1. The van der Waals surface area contributed by atoms with E-state index in [1.807, 2.05) is 13.8 Å². The van der Waals surface area contributed by atoms with Gasteiger partial charge in [-0.15, -0.1) is 0 Å². The monoisotopic (exact) mass is 283 g/mol. The molecule has 2 rings (SSSR count).